The Bertz CT molecular complexity index is 1370. The van der Waals surface area contributed by atoms with Gasteiger partial charge >= 0.3 is 5.97 Å². The molecular weight excluding hydrogens is 488 g/mol. The molecule has 1 fully saturated rings. The highest BCUT2D eigenvalue weighted by Crippen LogP contribution is 2.40. The zero-order valence-corrected chi connectivity index (χ0v) is 21.4. The van der Waals surface area contributed by atoms with Crippen LogP contribution in [0.1, 0.15) is 34.2 Å². The highest BCUT2D eigenvalue weighted by molar-refractivity contribution is 6.21. The number of aromatic hydroxyl groups is 1. The minimum Gasteiger partial charge on any atom is -0.504 e. The first-order chi connectivity index (χ1) is 18.5. The fourth-order valence-corrected chi connectivity index (χ4v) is 4.31. The fourth-order valence-electron chi connectivity index (χ4n) is 4.31. The molecule has 1 saturated heterocycles. The number of rotatable bonds is 9. The number of aryl methyl sites for hydroxylation is 1. The van der Waals surface area contributed by atoms with Gasteiger partial charge in [0.05, 0.1) is 19.8 Å². The molecule has 10 nitrogen and oxygen atoms in total. The quantitative estimate of drug-likeness (QED) is 0.393. The molecule has 0 bridgehead atoms. The average molecular weight is 519 g/mol. The van der Waals surface area contributed by atoms with E-state index in [4.69, 9.17) is 18.6 Å². The summed E-state index contributed by atoms with van der Waals surface area (Å²) in [6, 6.07) is 9.29. The summed E-state index contributed by atoms with van der Waals surface area (Å²) in [5, 5.41) is 14.1. The Morgan fingerprint density at radius 1 is 1.26 bits per heavy atom. The second-order valence-electron chi connectivity index (χ2n) is 8.88. The number of aliphatic imine (C=N–C) groups is 1. The maximum Gasteiger partial charge on any atom is 0.347 e. The van der Waals surface area contributed by atoms with Gasteiger partial charge in [0.1, 0.15) is 12.4 Å². The molecule has 2 N–H and O–H groups in total. The van der Waals surface area contributed by atoms with Gasteiger partial charge in [-0.1, -0.05) is 0 Å². The molecule has 3 aromatic rings. The number of furan rings is 1. The van der Waals surface area contributed by atoms with E-state index in [1.165, 1.54) is 0 Å². The van der Waals surface area contributed by atoms with Crippen LogP contribution in [0.15, 0.2) is 45.9 Å². The lowest BCUT2D eigenvalue weighted by Gasteiger charge is -2.26. The van der Waals surface area contributed by atoms with Crippen molar-refractivity contribution in [3.63, 3.8) is 0 Å². The molecule has 0 unspecified atom stereocenters. The predicted octanol–water partition coefficient (Wildman–Crippen LogP) is 4.58. The van der Waals surface area contributed by atoms with E-state index in [1.807, 2.05) is 31.2 Å². The fraction of sp³-hybridized carbons (Fsp3) is 0.321. The number of benzene rings is 1. The van der Waals surface area contributed by atoms with E-state index in [1.54, 1.807) is 31.5 Å². The normalized spacial score (nSPS) is 16.0. The summed E-state index contributed by atoms with van der Waals surface area (Å²) >= 11 is 0. The largest absolute Gasteiger partial charge is 0.504 e. The molecule has 0 radical (unpaired) electrons. The van der Waals surface area contributed by atoms with Crippen LogP contribution in [0.2, 0.25) is 0 Å². The molecular formula is C28H30N4O6. The van der Waals surface area contributed by atoms with Gasteiger partial charge in [0.25, 0.3) is 0 Å². The highest BCUT2D eigenvalue weighted by Gasteiger charge is 2.27. The van der Waals surface area contributed by atoms with Crippen LogP contribution in [0.4, 0.5) is 17.4 Å². The number of nitrogens with zero attached hydrogens (tertiary/aromatic N) is 3. The van der Waals surface area contributed by atoms with Crippen molar-refractivity contribution in [2.45, 2.75) is 13.8 Å². The molecule has 2 aliphatic rings. The van der Waals surface area contributed by atoms with Crippen LogP contribution in [-0.2, 0) is 9.47 Å². The Balaban J connectivity index is 1.35. The lowest BCUT2D eigenvalue weighted by atomic mass is 10.1. The maximum absolute atomic E-state index is 12.7. The minimum absolute atomic E-state index is 0.0784. The first kappa shape index (κ1) is 25.5. The Hall–Kier alpha value is -4.15. The summed E-state index contributed by atoms with van der Waals surface area (Å²) in [7, 11) is 0. The number of carbonyl (C=O) groups excluding carboxylic acids is 1. The van der Waals surface area contributed by atoms with Gasteiger partial charge in [0.2, 0.25) is 5.88 Å². The Morgan fingerprint density at radius 3 is 2.89 bits per heavy atom. The SMILES string of the molecule is CCOC(=O)c1c(Nc2ccc(OCCN3CCOCC3)cc2C)oc(C=C2C=Nc3ncccc32)c1O. The lowest BCUT2D eigenvalue weighted by Crippen LogP contribution is -2.38. The van der Waals surface area contributed by atoms with Gasteiger partial charge < -0.3 is 29.1 Å². The molecule has 38 heavy (non-hydrogen) atoms. The van der Waals surface area contributed by atoms with Crippen LogP contribution in [0.25, 0.3) is 11.6 Å². The van der Waals surface area contributed by atoms with Crippen LogP contribution >= 0.6 is 0 Å². The van der Waals surface area contributed by atoms with Crippen molar-refractivity contribution in [3.8, 4) is 11.5 Å². The molecule has 2 aliphatic heterocycles. The molecule has 0 saturated carbocycles. The zero-order valence-electron chi connectivity index (χ0n) is 21.4. The van der Waals surface area contributed by atoms with Gasteiger partial charge in [-0.2, -0.15) is 0 Å². The standard InChI is InChI=1S/C28H30N4O6/c1-3-36-28(34)24-25(33)23(16-19-17-30-26-21(19)5-4-8-29-26)38-27(24)31-22-7-6-20(15-18(22)2)37-14-11-32-9-12-35-13-10-32/h4-8,15-17,31,33H,3,9-14H2,1-2H3. The average Bonchev–Trinajstić information content (AvgIpc) is 3.47. The molecule has 0 amide bonds. The van der Waals surface area contributed by atoms with Crippen molar-refractivity contribution >= 4 is 41.2 Å². The van der Waals surface area contributed by atoms with E-state index in [0.29, 0.717) is 23.7 Å². The Morgan fingerprint density at radius 2 is 2.11 bits per heavy atom. The van der Waals surface area contributed by atoms with Crippen molar-refractivity contribution in [2.24, 2.45) is 4.99 Å². The van der Waals surface area contributed by atoms with Crippen LogP contribution in [-0.4, -0.2) is 73.2 Å². The maximum atomic E-state index is 12.7. The molecule has 1 aromatic carbocycles. The van der Waals surface area contributed by atoms with Gasteiger partial charge in [0, 0.05) is 48.9 Å². The molecule has 2 aromatic heterocycles. The Kier molecular flexibility index (Phi) is 7.71. The van der Waals surface area contributed by atoms with E-state index in [9.17, 15) is 9.90 Å². The monoisotopic (exact) mass is 518 g/mol. The van der Waals surface area contributed by atoms with E-state index in [2.05, 4.69) is 20.2 Å². The second kappa shape index (κ2) is 11.5. The Labute approximate surface area is 220 Å². The topological polar surface area (TPSA) is 119 Å². The number of anilines is 2. The first-order valence-corrected chi connectivity index (χ1v) is 12.6. The number of allylic oxidation sites excluding steroid dienone is 1. The number of hydrogen-bond donors (Lipinski definition) is 2. The van der Waals surface area contributed by atoms with Gasteiger partial charge in [-0.05, 0) is 55.8 Å². The number of nitrogens with one attached hydrogen (secondary N) is 1. The van der Waals surface area contributed by atoms with Crippen molar-refractivity contribution in [3.05, 3.63) is 59.0 Å². The summed E-state index contributed by atoms with van der Waals surface area (Å²) < 4.78 is 22.4. The zero-order chi connectivity index (χ0) is 26.5. The number of ether oxygens (including phenoxy) is 3. The van der Waals surface area contributed by atoms with Crippen LogP contribution in [0, 0.1) is 6.92 Å². The van der Waals surface area contributed by atoms with E-state index in [0.717, 1.165) is 49.7 Å². The van der Waals surface area contributed by atoms with E-state index >= 15 is 0 Å². The third kappa shape index (κ3) is 5.56. The molecule has 4 heterocycles. The molecule has 0 spiro atoms. The van der Waals surface area contributed by atoms with Crippen molar-refractivity contribution < 1.29 is 28.5 Å². The molecule has 5 rings (SSSR count). The number of hydrogen-bond acceptors (Lipinski definition) is 10. The summed E-state index contributed by atoms with van der Waals surface area (Å²) in [4.78, 5) is 23.6. The van der Waals surface area contributed by atoms with E-state index < -0.39 is 5.97 Å². The van der Waals surface area contributed by atoms with Gasteiger partial charge in [-0.3, -0.25) is 4.90 Å². The number of fused-ring (bicyclic) bond motifs is 1. The van der Waals surface area contributed by atoms with Gasteiger partial charge in [0.15, 0.2) is 22.9 Å². The van der Waals surface area contributed by atoms with Gasteiger partial charge in [-0.25, -0.2) is 14.8 Å². The highest BCUT2D eigenvalue weighted by atomic mass is 16.5. The molecule has 198 valence electrons. The van der Waals surface area contributed by atoms with Gasteiger partial charge in [-0.15, -0.1) is 0 Å². The smallest absolute Gasteiger partial charge is 0.347 e. The number of pyridine rings is 1. The number of aromatic nitrogens is 1. The van der Waals surface area contributed by atoms with Crippen LogP contribution < -0.4 is 10.1 Å². The predicted molar refractivity (Wildman–Crippen MR) is 144 cm³/mol. The van der Waals surface area contributed by atoms with Crippen molar-refractivity contribution in [1.82, 2.24) is 9.88 Å². The van der Waals surface area contributed by atoms with Crippen molar-refractivity contribution in [1.29, 1.82) is 0 Å². The number of carbonyl (C=O) groups is 1. The first-order valence-electron chi connectivity index (χ1n) is 12.6. The second-order valence-corrected chi connectivity index (χ2v) is 8.88. The summed E-state index contributed by atoms with van der Waals surface area (Å²) in [6.45, 7) is 8.53. The number of esters is 1. The summed E-state index contributed by atoms with van der Waals surface area (Å²) in [6.07, 6.45) is 4.92. The van der Waals surface area contributed by atoms with Crippen molar-refractivity contribution in [2.75, 3.05) is 51.4 Å². The van der Waals surface area contributed by atoms with Crippen LogP contribution in [0.5, 0.6) is 11.5 Å². The van der Waals surface area contributed by atoms with E-state index in [-0.39, 0.29) is 29.6 Å². The third-order valence-electron chi connectivity index (χ3n) is 6.33. The minimum atomic E-state index is -0.691. The number of morpholine rings is 1. The molecule has 10 heteroatoms. The summed E-state index contributed by atoms with van der Waals surface area (Å²) in [5.74, 6) is 0.505. The summed E-state index contributed by atoms with van der Waals surface area (Å²) in [5.41, 5.74) is 3.00. The molecule has 0 aliphatic carbocycles. The lowest BCUT2D eigenvalue weighted by molar-refractivity contribution is 0.0322. The molecule has 0 atom stereocenters. The third-order valence-corrected chi connectivity index (χ3v) is 6.33. The van der Waals surface area contributed by atoms with Crippen LogP contribution in [0.3, 0.4) is 0 Å².